The molecule has 1 atom stereocenters. The van der Waals surface area contributed by atoms with Crippen molar-refractivity contribution in [3.63, 3.8) is 0 Å². The summed E-state index contributed by atoms with van der Waals surface area (Å²) in [5.74, 6) is 0. The SMILES string of the molecule is CCCCCC(NC)c1cc(Cl)ccc1Br. The van der Waals surface area contributed by atoms with Crippen LogP contribution in [0, 0.1) is 0 Å². The first kappa shape index (κ1) is 14.0. The van der Waals surface area contributed by atoms with Gasteiger partial charge in [-0.05, 0) is 37.2 Å². The van der Waals surface area contributed by atoms with E-state index in [2.05, 4.69) is 28.2 Å². The van der Waals surface area contributed by atoms with Crippen molar-refractivity contribution in [2.45, 2.75) is 38.6 Å². The molecule has 1 aromatic carbocycles. The average molecular weight is 305 g/mol. The highest BCUT2D eigenvalue weighted by molar-refractivity contribution is 9.10. The zero-order valence-corrected chi connectivity index (χ0v) is 12.2. The molecule has 1 aromatic rings. The Bertz CT molecular complexity index is 328. The first-order valence-electron chi connectivity index (χ1n) is 5.81. The van der Waals surface area contributed by atoms with Gasteiger partial charge in [-0.3, -0.25) is 0 Å². The van der Waals surface area contributed by atoms with Crippen molar-refractivity contribution >= 4 is 27.5 Å². The highest BCUT2D eigenvalue weighted by atomic mass is 79.9. The summed E-state index contributed by atoms with van der Waals surface area (Å²) in [4.78, 5) is 0. The van der Waals surface area contributed by atoms with Gasteiger partial charge in [-0.15, -0.1) is 0 Å². The predicted octanol–water partition coefficient (Wildman–Crippen LogP) is 4.94. The molecule has 0 saturated heterocycles. The molecule has 0 saturated carbocycles. The molecule has 1 N–H and O–H groups in total. The third-order valence-corrected chi connectivity index (χ3v) is 3.74. The van der Waals surface area contributed by atoms with Crippen LogP contribution >= 0.6 is 27.5 Å². The van der Waals surface area contributed by atoms with Gasteiger partial charge in [0.1, 0.15) is 0 Å². The normalized spacial score (nSPS) is 12.8. The van der Waals surface area contributed by atoms with Crippen molar-refractivity contribution in [1.29, 1.82) is 0 Å². The second kappa shape index (κ2) is 7.31. The summed E-state index contributed by atoms with van der Waals surface area (Å²) in [7, 11) is 2.00. The summed E-state index contributed by atoms with van der Waals surface area (Å²) in [6, 6.07) is 6.36. The van der Waals surface area contributed by atoms with Gasteiger partial charge in [0.2, 0.25) is 0 Å². The van der Waals surface area contributed by atoms with E-state index in [1.165, 1.54) is 24.8 Å². The molecule has 0 aliphatic rings. The Morgan fingerprint density at radius 1 is 1.38 bits per heavy atom. The summed E-state index contributed by atoms with van der Waals surface area (Å²) in [5, 5.41) is 4.16. The monoisotopic (exact) mass is 303 g/mol. The van der Waals surface area contributed by atoms with Crippen LogP contribution in [0.15, 0.2) is 22.7 Å². The minimum absolute atomic E-state index is 0.389. The second-order valence-corrected chi connectivity index (χ2v) is 5.29. The lowest BCUT2D eigenvalue weighted by Gasteiger charge is -2.18. The summed E-state index contributed by atoms with van der Waals surface area (Å²) >= 11 is 9.61. The Morgan fingerprint density at radius 3 is 2.75 bits per heavy atom. The minimum atomic E-state index is 0.389. The van der Waals surface area contributed by atoms with Crippen LogP contribution in [0.1, 0.15) is 44.2 Å². The van der Waals surface area contributed by atoms with Crippen LogP contribution in [0.3, 0.4) is 0 Å². The van der Waals surface area contributed by atoms with Crippen LogP contribution in [0.5, 0.6) is 0 Å². The molecule has 1 rings (SSSR count). The van der Waals surface area contributed by atoms with E-state index in [1.54, 1.807) is 0 Å². The molecule has 90 valence electrons. The van der Waals surface area contributed by atoms with Crippen LogP contribution < -0.4 is 5.32 Å². The number of unbranched alkanes of at least 4 members (excludes halogenated alkanes) is 2. The van der Waals surface area contributed by atoms with Gasteiger partial charge in [0.15, 0.2) is 0 Å². The smallest absolute Gasteiger partial charge is 0.0410 e. The van der Waals surface area contributed by atoms with Gasteiger partial charge in [-0.2, -0.15) is 0 Å². The van der Waals surface area contributed by atoms with E-state index in [9.17, 15) is 0 Å². The predicted molar refractivity (Wildman–Crippen MR) is 75.1 cm³/mol. The summed E-state index contributed by atoms with van der Waals surface area (Å²) < 4.78 is 1.13. The molecule has 0 aromatic heterocycles. The summed E-state index contributed by atoms with van der Waals surface area (Å²) in [6.45, 7) is 2.23. The van der Waals surface area contributed by atoms with Crippen molar-refractivity contribution in [2.24, 2.45) is 0 Å². The van der Waals surface area contributed by atoms with Crippen molar-refractivity contribution < 1.29 is 0 Å². The third-order valence-electron chi connectivity index (χ3n) is 2.78. The number of benzene rings is 1. The minimum Gasteiger partial charge on any atom is -0.313 e. The van der Waals surface area contributed by atoms with Crippen molar-refractivity contribution in [1.82, 2.24) is 5.32 Å². The molecular formula is C13H19BrClN. The maximum atomic E-state index is 6.03. The molecule has 0 radical (unpaired) electrons. The maximum absolute atomic E-state index is 6.03. The quantitative estimate of drug-likeness (QED) is 0.734. The molecule has 3 heteroatoms. The lowest BCUT2D eigenvalue weighted by molar-refractivity contribution is 0.510. The van der Waals surface area contributed by atoms with Crippen LogP contribution in [0.4, 0.5) is 0 Å². The molecule has 0 aliphatic carbocycles. The Morgan fingerprint density at radius 2 is 2.12 bits per heavy atom. The van der Waals surface area contributed by atoms with Crippen LogP contribution in [-0.2, 0) is 0 Å². The molecule has 1 unspecified atom stereocenters. The van der Waals surface area contributed by atoms with Crippen molar-refractivity contribution in [2.75, 3.05) is 7.05 Å². The molecule has 0 aliphatic heterocycles. The van der Waals surface area contributed by atoms with E-state index < -0.39 is 0 Å². The Kier molecular flexibility index (Phi) is 6.40. The fourth-order valence-electron chi connectivity index (χ4n) is 1.84. The Hall–Kier alpha value is -0.0500. The van der Waals surface area contributed by atoms with E-state index in [0.717, 1.165) is 15.9 Å². The molecule has 1 nitrogen and oxygen atoms in total. The molecule has 0 spiro atoms. The Balaban J connectivity index is 2.73. The molecule has 0 bridgehead atoms. The van der Waals surface area contributed by atoms with E-state index in [0.29, 0.717) is 6.04 Å². The zero-order valence-electron chi connectivity index (χ0n) is 9.89. The number of rotatable bonds is 6. The van der Waals surface area contributed by atoms with Gasteiger partial charge in [-0.1, -0.05) is 53.7 Å². The first-order chi connectivity index (χ1) is 7.69. The van der Waals surface area contributed by atoms with Gasteiger partial charge in [-0.25, -0.2) is 0 Å². The van der Waals surface area contributed by atoms with Gasteiger partial charge < -0.3 is 5.32 Å². The van der Waals surface area contributed by atoms with E-state index >= 15 is 0 Å². The topological polar surface area (TPSA) is 12.0 Å². The highest BCUT2D eigenvalue weighted by Crippen LogP contribution is 2.29. The van der Waals surface area contributed by atoms with Crippen molar-refractivity contribution in [3.8, 4) is 0 Å². The van der Waals surface area contributed by atoms with Crippen LogP contribution in [-0.4, -0.2) is 7.05 Å². The molecule has 0 amide bonds. The van der Waals surface area contributed by atoms with Crippen LogP contribution in [0.25, 0.3) is 0 Å². The fraction of sp³-hybridized carbons (Fsp3) is 0.538. The number of nitrogens with one attached hydrogen (secondary N) is 1. The van der Waals surface area contributed by atoms with E-state index in [4.69, 9.17) is 11.6 Å². The molecular weight excluding hydrogens is 286 g/mol. The Labute approximate surface area is 112 Å². The lowest BCUT2D eigenvalue weighted by atomic mass is 10.0. The third kappa shape index (κ3) is 4.08. The van der Waals surface area contributed by atoms with Crippen molar-refractivity contribution in [3.05, 3.63) is 33.3 Å². The summed E-state index contributed by atoms with van der Waals surface area (Å²) in [6.07, 6.45) is 4.95. The largest absolute Gasteiger partial charge is 0.313 e. The molecule has 16 heavy (non-hydrogen) atoms. The second-order valence-electron chi connectivity index (χ2n) is 4.00. The van der Waals surface area contributed by atoms with Crippen LogP contribution in [0.2, 0.25) is 5.02 Å². The standard InChI is InChI=1S/C13H19BrClN/c1-3-4-5-6-13(16-2)11-9-10(15)7-8-12(11)14/h7-9,13,16H,3-6H2,1-2H3. The van der Waals surface area contributed by atoms with Gasteiger partial charge in [0.25, 0.3) is 0 Å². The average Bonchev–Trinajstić information content (AvgIpc) is 2.28. The number of halogens is 2. The number of hydrogen-bond acceptors (Lipinski definition) is 1. The first-order valence-corrected chi connectivity index (χ1v) is 6.98. The summed E-state index contributed by atoms with van der Waals surface area (Å²) in [5.41, 5.74) is 1.26. The molecule has 0 fully saturated rings. The van der Waals surface area contributed by atoms with E-state index in [-0.39, 0.29) is 0 Å². The molecule has 0 heterocycles. The number of hydrogen-bond donors (Lipinski definition) is 1. The van der Waals surface area contributed by atoms with Gasteiger partial charge in [0, 0.05) is 15.5 Å². The van der Waals surface area contributed by atoms with E-state index in [1.807, 2.05) is 25.2 Å². The highest BCUT2D eigenvalue weighted by Gasteiger charge is 2.12. The van der Waals surface area contributed by atoms with Gasteiger partial charge >= 0.3 is 0 Å². The maximum Gasteiger partial charge on any atom is 0.0410 e. The van der Waals surface area contributed by atoms with Gasteiger partial charge in [0.05, 0.1) is 0 Å². The zero-order chi connectivity index (χ0) is 12.0. The fourth-order valence-corrected chi connectivity index (χ4v) is 2.54. The lowest BCUT2D eigenvalue weighted by Crippen LogP contribution is -2.16.